The summed E-state index contributed by atoms with van der Waals surface area (Å²) < 4.78 is 5.76. The number of anilines is 1. The van der Waals surface area contributed by atoms with E-state index in [0.29, 0.717) is 13.0 Å². The summed E-state index contributed by atoms with van der Waals surface area (Å²) >= 11 is 0. The molecule has 1 fully saturated rings. The van der Waals surface area contributed by atoms with E-state index in [4.69, 9.17) is 4.74 Å². The molecule has 1 saturated heterocycles. The first-order valence-corrected chi connectivity index (χ1v) is 12.5. The second kappa shape index (κ2) is 10.2. The monoisotopic (exact) mass is 473 g/mol. The number of nitrogens with one attached hydrogen (secondary N) is 2. The van der Waals surface area contributed by atoms with E-state index in [1.807, 2.05) is 7.05 Å². The summed E-state index contributed by atoms with van der Waals surface area (Å²) in [6, 6.07) is 15.5. The third-order valence-corrected chi connectivity index (χ3v) is 7.54. The van der Waals surface area contributed by atoms with Gasteiger partial charge in [-0.3, -0.25) is 9.69 Å². The molecule has 0 aliphatic carbocycles. The molecule has 0 saturated carbocycles. The van der Waals surface area contributed by atoms with E-state index in [1.54, 1.807) is 18.3 Å². The van der Waals surface area contributed by atoms with Crippen LogP contribution in [-0.2, 0) is 24.3 Å². The van der Waals surface area contributed by atoms with E-state index in [1.165, 1.54) is 11.1 Å². The number of carbonyl (C=O) groups is 1. The molecule has 5 rings (SSSR count). The molecule has 1 amide bonds. The summed E-state index contributed by atoms with van der Waals surface area (Å²) in [7, 11) is 3.59. The van der Waals surface area contributed by atoms with Crippen molar-refractivity contribution in [3.63, 3.8) is 0 Å². The standard InChI is InChI=1S/C28H35N5O2/c1-19-24(31-18-30-19)17-33-13-7-10-23(28(33)20-8-5-4-6-9-20)29-16-22-14-25-21(15-26(22)35-3)11-12-27(34)32(25)2/h4-6,8-9,14-15,18,23,28-29H,7,10-13,16-17H2,1-3H3,(H,30,31)/t23-,28-/m0/s1. The first-order chi connectivity index (χ1) is 17.0. The van der Waals surface area contributed by atoms with E-state index < -0.39 is 0 Å². The highest BCUT2D eigenvalue weighted by atomic mass is 16.5. The molecule has 0 spiro atoms. The number of hydrogen-bond acceptors (Lipinski definition) is 5. The average Bonchev–Trinajstić information content (AvgIpc) is 3.29. The topological polar surface area (TPSA) is 73.5 Å². The molecule has 0 bridgehead atoms. The molecular weight excluding hydrogens is 438 g/mol. The van der Waals surface area contributed by atoms with Gasteiger partial charge in [0.1, 0.15) is 5.75 Å². The van der Waals surface area contributed by atoms with Gasteiger partial charge in [0.15, 0.2) is 0 Å². The second-order valence-corrected chi connectivity index (χ2v) is 9.68. The van der Waals surface area contributed by atoms with Crippen LogP contribution in [0.25, 0.3) is 0 Å². The maximum absolute atomic E-state index is 12.3. The molecule has 2 aromatic carbocycles. The number of imidazole rings is 1. The van der Waals surface area contributed by atoms with Crippen LogP contribution in [-0.4, -0.2) is 47.5 Å². The molecule has 7 nitrogen and oxygen atoms in total. The molecular formula is C28H35N5O2. The molecule has 0 unspecified atom stereocenters. The van der Waals surface area contributed by atoms with E-state index >= 15 is 0 Å². The van der Waals surface area contributed by atoms with Crippen molar-refractivity contribution in [3.05, 3.63) is 76.9 Å². The number of H-pyrrole nitrogens is 1. The number of carbonyl (C=O) groups excluding carboxylic acids is 1. The number of likely N-dealkylation sites (tertiary alicyclic amines) is 1. The van der Waals surface area contributed by atoms with Crippen molar-refractivity contribution >= 4 is 11.6 Å². The number of fused-ring (bicyclic) bond motifs is 1. The lowest BCUT2D eigenvalue weighted by Gasteiger charge is -2.42. The van der Waals surface area contributed by atoms with Crippen molar-refractivity contribution in [1.82, 2.24) is 20.2 Å². The van der Waals surface area contributed by atoms with Gasteiger partial charge in [0, 0.05) is 49.5 Å². The van der Waals surface area contributed by atoms with Crippen LogP contribution in [0.1, 0.15) is 53.4 Å². The summed E-state index contributed by atoms with van der Waals surface area (Å²) in [4.78, 5) is 24.4. The zero-order valence-corrected chi connectivity index (χ0v) is 20.9. The van der Waals surface area contributed by atoms with Crippen LogP contribution in [0.3, 0.4) is 0 Å². The zero-order valence-electron chi connectivity index (χ0n) is 20.9. The summed E-state index contributed by atoms with van der Waals surface area (Å²) in [5, 5.41) is 3.86. The predicted molar refractivity (Wildman–Crippen MR) is 138 cm³/mol. The maximum Gasteiger partial charge on any atom is 0.227 e. The number of rotatable bonds is 7. The number of ether oxygens (including phenoxy) is 1. The maximum atomic E-state index is 12.3. The third kappa shape index (κ3) is 4.83. The number of benzene rings is 2. The highest BCUT2D eigenvalue weighted by molar-refractivity contribution is 5.96. The van der Waals surface area contributed by atoms with Crippen molar-refractivity contribution in [2.45, 2.75) is 57.8 Å². The molecule has 7 heteroatoms. The molecule has 2 aliphatic rings. The Labute approximate surface area is 207 Å². The van der Waals surface area contributed by atoms with Gasteiger partial charge in [0.2, 0.25) is 5.91 Å². The number of nitrogens with zero attached hydrogens (tertiary/aromatic N) is 3. The van der Waals surface area contributed by atoms with Gasteiger partial charge in [-0.15, -0.1) is 0 Å². The number of hydrogen-bond donors (Lipinski definition) is 2. The van der Waals surface area contributed by atoms with E-state index in [9.17, 15) is 4.79 Å². The minimum Gasteiger partial charge on any atom is -0.496 e. The minimum absolute atomic E-state index is 0.169. The van der Waals surface area contributed by atoms with Crippen LogP contribution in [0.15, 0.2) is 48.8 Å². The molecule has 2 N–H and O–H groups in total. The van der Waals surface area contributed by atoms with Gasteiger partial charge in [0.25, 0.3) is 0 Å². The Hall–Kier alpha value is -3.16. The Morgan fingerprint density at radius 3 is 2.77 bits per heavy atom. The molecule has 35 heavy (non-hydrogen) atoms. The molecule has 3 aromatic rings. The lowest BCUT2D eigenvalue weighted by Crippen LogP contribution is -2.47. The highest BCUT2D eigenvalue weighted by Gasteiger charge is 2.33. The Kier molecular flexibility index (Phi) is 6.88. The molecule has 1 aromatic heterocycles. The van der Waals surface area contributed by atoms with Crippen LogP contribution in [0, 0.1) is 6.92 Å². The highest BCUT2D eigenvalue weighted by Crippen LogP contribution is 2.36. The second-order valence-electron chi connectivity index (χ2n) is 9.68. The van der Waals surface area contributed by atoms with Crippen molar-refractivity contribution < 1.29 is 9.53 Å². The first-order valence-electron chi connectivity index (χ1n) is 12.5. The van der Waals surface area contributed by atoms with E-state index in [0.717, 1.165) is 60.7 Å². The van der Waals surface area contributed by atoms with Gasteiger partial charge < -0.3 is 19.9 Å². The molecule has 2 aliphatic heterocycles. The Balaban J connectivity index is 1.40. The lowest BCUT2D eigenvalue weighted by atomic mass is 9.89. The molecule has 0 radical (unpaired) electrons. The fraction of sp³-hybridized carbons (Fsp3) is 0.429. The fourth-order valence-corrected chi connectivity index (χ4v) is 5.57. The zero-order chi connectivity index (χ0) is 24.4. The van der Waals surface area contributed by atoms with Crippen molar-refractivity contribution in [2.24, 2.45) is 0 Å². The fourth-order valence-electron chi connectivity index (χ4n) is 5.57. The number of piperidine rings is 1. The minimum atomic E-state index is 0.169. The first kappa shape index (κ1) is 23.6. The number of aryl methyl sites for hydroxylation is 2. The smallest absolute Gasteiger partial charge is 0.227 e. The SMILES string of the molecule is COc1cc2c(cc1CN[C@H]1CCCN(Cc3nc[nH]c3C)[C@H]1c1ccccc1)N(C)C(=O)CC2. The third-order valence-electron chi connectivity index (χ3n) is 7.54. The van der Waals surface area contributed by atoms with Gasteiger partial charge in [0.05, 0.1) is 25.2 Å². The van der Waals surface area contributed by atoms with Gasteiger partial charge >= 0.3 is 0 Å². The van der Waals surface area contributed by atoms with Crippen LogP contribution >= 0.6 is 0 Å². The van der Waals surface area contributed by atoms with Gasteiger partial charge in [-0.05, 0) is 56.0 Å². The Morgan fingerprint density at radius 1 is 1.20 bits per heavy atom. The van der Waals surface area contributed by atoms with Gasteiger partial charge in [-0.25, -0.2) is 4.98 Å². The van der Waals surface area contributed by atoms with Crippen LogP contribution in [0.2, 0.25) is 0 Å². The van der Waals surface area contributed by atoms with E-state index in [-0.39, 0.29) is 18.0 Å². The number of aromatic amines is 1. The normalized spacial score (nSPS) is 20.7. The summed E-state index contributed by atoms with van der Waals surface area (Å²) in [5.74, 6) is 1.05. The average molecular weight is 474 g/mol. The van der Waals surface area contributed by atoms with E-state index in [2.05, 4.69) is 69.6 Å². The van der Waals surface area contributed by atoms with Crippen LogP contribution < -0.4 is 15.0 Å². The quantitative estimate of drug-likeness (QED) is 0.540. The Morgan fingerprint density at radius 2 is 2.03 bits per heavy atom. The lowest BCUT2D eigenvalue weighted by molar-refractivity contribution is -0.118. The Bertz CT molecular complexity index is 1180. The molecule has 3 heterocycles. The van der Waals surface area contributed by atoms with Crippen molar-refractivity contribution in [3.8, 4) is 5.75 Å². The summed E-state index contributed by atoms with van der Waals surface area (Å²) in [6.07, 6.45) is 5.33. The molecule has 184 valence electrons. The summed E-state index contributed by atoms with van der Waals surface area (Å²) in [5.41, 5.74) is 6.81. The summed E-state index contributed by atoms with van der Waals surface area (Å²) in [6.45, 7) is 4.63. The van der Waals surface area contributed by atoms with Gasteiger partial charge in [-0.2, -0.15) is 0 Å². The van der Waals surface area contributed by atoms with Gasteiger partial charge in [-0.1, -0.05) is 30.3 Å². The predicted octanol–water partition coefficient (Wildman–Crippen LogP) is 4.13. The molecule has 2 atom stereocenters. The van der Waals surface area contributed by atoms with Crippen LogP contribution in [0.4, 0.5) is 5.69 Å². The van der Waals surface area contributed by atoms with Crippen molar-refractivity contribution in [2.75, 3.05) is 25.6 Å². The van der Waals surface area contributed by atoms with Crippen LogP contribution in [0.5, 0.6) is 5.75 Å². The number of aromatic nitrogens is 2. The largest absolute Gasteiger partial charge is 0.496 e. The number of methoxy groups -OCH3 is 1. The number of amides is 1. The van der Waals surface area contributed by atoms with Crippen molar-refractivity contribution in [1.29, 1.82) is 0 Å².